The molecule has 1 saturated heterocycles. The van der Waals surface area contributed by atoms with Crippen molar-refractivity contribution in [1.82, 2.24) is 9.21 Å². The van der Waals surface area contributed by atoms with Crippen molar-refractivity contribution < 1.29 is 17.9 Å². The highest BCUT2D eigenvalue weighted by Crippen LogP contribution is 2.10. The quantitative estimate of drug-likeness (QED) is 0.624. The van der Waals surface area contributed by atoms with E-state index < -0.39 is 16.1 Å². The molecule has 1 heterocycles. The lowest BCUT2D eigenvalue weighted by Gasteiger charge is -2.34. The second kappa shape index (κ2) is 7.18. The third-order valence-electron chi connectivity index (χ3n) is 3.08. The molecule has 1 rings (SSSR count). The van der Waals surface area contributed by atoms with Crippen LogP contribution in [0.5, 0.6) is 0 Å². The van der Waals surface area contributed by atoms with E-state index in [4.69, 9.17) is 10.5 Å². The maximum Gasteiger partial charge on any atom is 0.239 e. The predicted molar refractivity (Wildman–Crippen MR) is 72.1 cm³/mol. The maximum absolute atomic E-state index is 12.0. The minimum atomic E-state index is -3.24. The van der Waals surface area contributed by atoms with E-state index >= 15 is 0 Å². The number of hydrogen-bond donors (Lipinski definition) is 1. The Hall–Kier alpha value is -0.700. The summed E-state index contributed by atoms with van der Waals surface area (Å²) >= 11 is 0. The number of hydrogen-bond acceptors (Lipinski definition) is 5. The number of rotatable bonds is 6. The molecule has 1 amide bonds. The van der Waals surface area contributed by atoms with Crippen LogP contribution in [0.4, 0.5) is 0 Å². The second-order valence-corrected chi connectivity index (χ2v) is 6.76. The van der Waals surface area contributed by atoms with Crippen LogP contribution in [0.25, 0.3) is 0 Å². The molecule has 8 heteroatoms. The number of amides is 1. The van der Waals surface area contributed by atoms with Crippen molar-refractivity contribution in [2.24, 2.45) is 5.73 Å². The molecule has 0 aromatic carbocycles. The van der Waals surface area contributed by atoms with Crippen LogP contribution in [0.2, 0.25) is 0 Å². The maximum atomic E-state index is 12.0. The zero-order chi connectivity index (χ0) is 14.5. The van der Waals surface area contributed by atoms with E-state index in [1.165, 1.54) is 4.31 Å². The molecule has 0 aliphatic carbocycles. The third kappa shape index (κ3) is 4.72. The Morgan fingerprint density at radius 3 is 2.37 bits per heavy atom. The van der Waals surface area contributed by atoms with Crippen LogP contribution in [0.15, 0.2) is 0 Å². The van der Waals surface area contributed by atoms with E-state index in [9.17, 15) is 13.2 Å². The van der Waals surface area contributed by atoms with Gasteiger partial charge in [-0.05, 0) is 13.3 Å². The molecule has 7 nitrogen and oxygen atoms in total. The zero-order valence-electron chi connectivity index (χ0n) is 11.5. The van der Waals surface area contributed by atoms with Crippen molar-refractivity contribution in [2.75, 3.05) is 45.6 Å². The summed E-state index contributed by atoms with van der Waals surface area (Å²) in [7, 11) is -1.69. The molecule has 0 bridgehead atoms. The van der Waals surface area contributed by atoms with Gasteiger partial charge < -0.3 is 15.4 Å². The summed E-state index contributed by atoms with van der Waals surface area (Å²) in [5.74, 6) is -0.0429. The van der Waals surface area contributed by atoms with Crippen molar-refractivity contribution in [3.63, 3.8) is 0 Å². The molecule has 19 heavy (non-hydrogen) atoms. The summed E-state index contributed by atoms with van der Waals surface area (Å²) in [6.07, 6.45) is 0.484. The number of piperazine rings is 1. The fraction of sp³-hybridized carbons (Fsp3) is 0.909. The first-order valence-corrected chi connectivity index (χ1v) is 8.00. The Bertz CT molecular complexity index is 389. The lowest BCUT2D eigenvalue weighted by atomic mass is 10.2. The van der Waals surface area contributed by atoms with Gasteiger partial charge in [0.1, 0.15) is 0 Å². The number of carbonyl (C=O) groups excluding carboxylic acids is 1. The first kappa shape index (κ1) is 16.4. The topological polar surface area (TPSA) is 92.9 Å². The average Bonchev–Trinajstić information content (AvgIpc) is 2.38. The molecule has 1 aliphatic rings. The Labute approximate surface area is 114 Å². The van der Waals surface area contributed by atoms with Crippen molar-refractivity contribution >= 4 is 15.9 Å². The van der Waals surface area contributed by atoms with Gasteiger partial charge in [0.15, 0.2) is 0 Å². The van der Waals surface area contributed by atoms with Gasteiger partial charge in [0.05, 0.1) is 11.8 Å². The lowest BCUT2D eigenvalue weighted by molar-refractivity contribution is -0.133. The van der Waals surface area contributed by atoms with Crippen molar-refractivity contribution in [1.29, 1.82) is 0 Å². The normalized spacial score (nSPS) is 19.4. The summed E-state index contributed by atoms with van der Waals surface area (Å²) in [6.45, 7) is 3.56. The third-order valence-corrected chi connectivity index (χ3v) is 5.04. The van der Waals surface area contributed by atoms with Gasteiger partial charge in [0.2, 0.25) is 15.9 Å². The molecule has 2 N–H and O–H groups in total. The fourth-order valence-corrected chi connectivity index (χ4v) is 3.45. The van der Waals surface area contributed by atoms with E-state index in [0.29, 0.717) is 39.2 Å². The molecular weight excluding hydrogens is 270 g/mol. The molecule has 1 atom stereocenters. The van der Waals surface area contributed by atoms with E-state index in [-0.39, 0.29) is 11.7 Å². The Morgan fingerprint density at radius 1 is 1.32 bits per heavy atom. The smallest absolute Gasteiger partial charge is 0.239 e. The minimum Gasteiger partial charge on any atom is -0.385 e. The van der Waals surface area contributed by atoms with E-state index in [1.54, 1.807) is 18.9 Å². The van der Waals surface area contributed by atoms with Crippen LogP contribution in [0.1, 0.15) is 13.3 Å². The van der Waals surface area contributed by atoms with E-state index in [0.717, 1.165) is 0 Å². The van der Waals surface area contributed by atoms with Gasteiger partial charge in [-0.25, -0.2) is 8.42 Å². The Morgan fingerprint density at radius 2 is 1.89 bits per heavy atom. The molecule has 1 fully saturated rings. The SMILES string of the molecule is COCCCS(=O)(=O)N1CCN(C(=O)C(C)N)CC1. The zero-order valence-corrected chi connectivity index (χ0v) is 12.4. The highest BCUT2D eigenvalue weighted by Gasteiger charge is 2.29. The number of methoxy groups -OCH3 is 1. The summed E-state index contributed by atoms with van der Waals surface area (Å²) in [6, 6.07) is -0.537. The summed E-state index contributed by atoms with van der Waals surface area (Å²) in [5.41, 5.74) is 5.53. The van der Waals surface area contributed by atoms with Gasteiger partial charge in [0, 0.05) is 39.9 Å². The van der Waals surface area contributed by atoms with Crippen LogP contribution < -0.4 is 5.73 Å². The molecule has 1 aliphatic heterocycles. The summed E-state index contributed by atoms with van der Waals surface area (Å²) in [5, 5.41) is 0. The van der Waals surface area contributed by atoms with Gasteiger partial charge in [-0.3, -0.25) is 4.79 Å². The largest absolute Gasteiger partial charge is 0.385 e. The number of nitrogens with two attached hydrogens (primary N) is 1. The highest BCUT2D eigenvalue weighted by atomic mass is 32.2. The Kier molecular flexibility index (Phi) is 6.18. The number of ether oxygens (including phenoxy) is 1. The van der Waals surface area contributed by atoms with Crippen molar-refractivity contribution in [3.05, 3.63) is 0 Å². The van der Waals surface area contributed by atoms with Crippen LogP contribution >= 0.6 is 0 Å². The van der Waals surface area contributed by atoms with Gasteiger partial charge in [-0.2, -0.15) is 4.31 Å². The monoisotopic (exact) mass is 293 g/mol. The molecule has 0 spiro atoms. The van der Waals surface area contributed by atoms with Gasteiger partial charge in [0.25, 0.3) is 0 Å². The molecule has 0 aromatic rings. The summed E-state index contributed by atoms with van der Waals surface area (Å²) < 4.78 is 30.3. The molecular formula is C11H23N3O4S. The van der Waals surface area contributed by atoms with Gasteiger partial charge in [-0.15, -0.1) is 0 Å². The van der Waals surface area contributed by atoms with Crippen LogP contribution in [-0.4, -0.2) is 75.2 Å². The lowest BCUT2D eigenvalue weighted by Crippen LogP contribution is -2.54. The number of sulfonamides is 1. The van der Waals surface area contributed by atoms with Gasteiger partial charge in [-0.1, -0.05) is 0 Å². The number of carbonyl (C=O) groups is 1. The molecule has 0 radical (unpaired) electrons. The average molecular weight is 293 g/mol. The number of nitrogens with zero attached hydrogens (tertiary/aromatic N) is 2. The van der Waals surface area contributed by atoms with Crippen LogP contribution in [0, 0.1) is 0 Å². The van der Waals surface area contributed by atoms with E-state index in [1.807, 2.05) is 0 Å². The van der Waals surface area contributed by atoms with Crippen molar-refractivity contribution in [3.8, 4) is 0 Å². The first-order chi connectivity index (χ1) is 8.88. The predicted octanol–water partition coefficient (Wildman–Crippen LogP) is -1.16. The highest BCUT2D eigenvalue weighted by molar-refractivity contribution is 7.89. The Balaban J connectivity index is 2.47. The van der Waals surface area contributed by atoms with Crippen LogP contribution in [0.3, 0.4) is 0 Å². The van der Waals surface area contributed by atoms with E-state index in [2.05, 4.69) is 0 Å². The molecule has 1 unspecified atom stereocenters. The standard InChI is InChI=1S/C11H23N3O4S/c1-10(12)11(15)13-4-6-14(7-5-13)19(16,17)9-3-8-18-2/h10H,3-9,12H2,1-2H3. The molecule has 112 valence electrons. The fourth-order valence-electron chi connectivity index (χ4n) is 1.99. The minimum absolute atomic E-state index is 0.0854. The second-order valence-electron chi connectivity index (χ2n) is 4.68. The van der Waals surface area contributed by atoms with Gasteiger partial charge >= 0.3 is 0 Å². The summed E-state index contributed by atoms with van der Waals surface area (Å²) in [4.78, 5) is 13.3. The molecule has 0 aromatic heterocycles. The van der Waals surface area contributed by atoms with Crippen LogP contribution in [-0.2, 0) is 19.6 Å². The van der Waals surface area contributed by atoms with Crippen molar-refractivity contribution in [2.45, 2.75) is 19.4 Å². The molecule has 0 saturated carbocycles. The first-order valence-electron chi connectivity index (χ1n) is 6.39.